The highest BCUT2D eigenvalue weighted by Crippen LogP contribution is 2.55. The second-order valence-corrected chi connectivity index (χ2v) is 28.8. The maximum absolute atomic E-state index is 8.64. The van der Waals surface area contributed by atoms with Crippen molar-refractivity contribution < 1.29 is 0 Å². The van der Waals surface area contributed by atoms with E-state index in [1.807, 2.05) is 12.1 Å². The van der Waals surface area contributed by atoms with Crippen LogP contribution in [0.25, 0.3) is 99.5 Å². The molecule has 9 heteroatoms. The van der Waals surface area contributed by atoms with E-state index in [0.29, 0.717) is 37.8 Å². The van der Waals surface area contributed by atoms with Gasteiger partial charge in [0.05, 0.1) is 82.6 Å². The minimum atomic E-state index is 0.430. The number of nitrogens with zero attached hydrogens (tertiary/aromatic N) is 6. The normalized spacial score (nSPS) is 11.4. The fourth-order valence-corrected chi connectivity index (χ4v) is 16.8. The molecule has 0 spiro atoms. The molecule has 0 atom stereocenters. The van der Waals surface area contributed by atoms with Crippen molar-refractivity contribution in [3.8, 4) is 55.9 Å². The SMILES string of the molecule is Clc1c(N(c2ccccc2)c2cc(N(c3ccccc3)c3ccccc3)cc(-n3c4ccc(-c5ccccc5)cc4c4cc(-c5ccccc5)ccc43)c2Cl)cccc1N(c1ccccc1)c1cc(N(c2ccccc2)c2ccccc2)cc(-n2c3ccc(-c4ccccc4)cc3c3cc(-c4ccccc4)ccc32)c1Cl. The van der Waals surface area contributed by atoms with Gasteiger partial charge in [-0.1, -0.05) is 296 Å². The zero-order chi connectivity index (χ0) is 74.3. The number of benzene rings is 17. The van der Waals surface area contributed by atoms with Crippen molar-refractivity contribution in [3.63, 3.8) is 0 Å². The van der Waals surface area contributed by atoms with Crippen LogP contribution in [0, 0.1) is 0 Å². The van der Waals surface area contributed by atoms with Gasteiger partial charge in [-0.3, -0.25) is 0 Å². The molecule has 0 radical (unpaired) electrons. The first-order valence-electron chi connectivity index (χ1n) is 37.2. The highest BCUT2D eigenvalue weighted by Gasteiger charge is 2.31. The third-order valence-corrected chi connectivity index (χ3v) is 22.2. The molecule has 0 aliphatic heterocycles. The van der Waals surface area contributed by atoms with Crippen LogP contribution in [0.2, 0.25) is 15.1 Å². The lowest BCUT2D eigenvalue weighted by molar-refractivity contribution is 1.15. The fourth-order valence-electron chi connectivity index (χ4n) is 15.9. The van der Waals surface area contributed by atoms with E-state index < -0.39 is 0 Å². The van der Waals surface area contributed by atoms with Gasteiger partial charge in [0.25, 0.3) is 0 Å². The first kappa shape index (κ1) is 68.0. The molecule has 2 heterocycles. The van der Waals surface area contributed by atoms with E-state index in [2.05, 4.69) is 435 Å². The quantitative estimate of drug-likeness (QED) is 0.0854. The molecule has 111 heavy (non-hydrogen) atoms. The molecule has 0 N–H and O–H groups in total. The van der Waals surface area contributed by atoms with Crippen molar-refractivity contribution in [2.75, 3.05) is 19.6 Å². The summed E-state index contributed by atoms with van der Waals surface area (Å²) in [6.45, 7) is 0. The second-order valence-electron chi connectivity index (χ2n) is 27.6. The Balaban J connectivity index is 0.875. The van der Waals surface area contributed by atoms with Gasteiger partial charge < -0.3 is 28.7 Å². The van der Waals surface area contributed by atoms with Gasteiger partial charge >= 0.3 is 0 Å². The lowest BCUT2D eigenvalue weighted by Crippen LogP contribution is -2.17. The monoisotopic (exact) mass is 1480 g/mol. The Bertz CT molecular complexity index is 5920. The molecule has 0 saturated heterocycles. The standard InChI is InChI=1S/C102H69Cl3N6/c103-100-94(108(82-48-27-9-28-49-82)96-66-84(106(78-40-19-5-20-41-78)79-42-21-6-22-43-79)68-98(101(96)104)110-90-58-54-74(70-32-11-1-12-33-70)62-86(90)87-63-75(55-59-91(87)110)71-34-13-2-14-35-71)52-31-53-95(100)109(83-50-29-10-30-51-83)97-67-85(107(80-44-23-7-24-45-80)81-46-25-8-26-47-81)69-99(102(97)105)111-92-60-56-76(72-36-15-3-16-37-72)64-88(92)89-65-77(57-61-93(89)111)73-38-17-4-18-39-73/h1-69H. The molecule has 17 aromatic carbocycles. The first-order valence-corrected chi connectivity index (χ1v) is 38.3. The lowest BCUT2D eigenvalue weighted by atomic mass is 10.0. The van der Waals surface area contributed by atoms with Gasteiger partial charge in [0.2, 0.25) is 0 Å². The summed E-state index contributed by atoms with van der Waals surface area (Å²) in [6, 6.07) is 148. The Morgan fingerprint density at radius 1 is 0.162 bits per heavy atom. The van der Waals surface area contributed by atoms with Crippen molar-refractivity contribution in [2.24, 2.45) is 0 Å². The summed E-state index contributed by atoms with van der Waals surface area (Å²) in [5.41, 5.74) is 24.3. The Hall–Kier alpha value is -13.6. The van der Waals surface area contributed by atoms with Crippen molar-refractivity contribution in [1.29, 1.82) is 0 Å². The number of anilines is 12. The number of aromatic nitrogens is 2. The van der Waals surface area contributed by atoms with Gasteiger partial charge in [-0.25, -0.2) is 0 Å². The van der Waals surface area contributed by atoms with Gasteiger partial charge in [-0.05, 0) is 202 Å². The molecule has 0 unspecified atom stereocenters. The van der Waals surface area contributed by atoms with E-state index in [0.717, 1.165) is 145 Å². The first-order chi connectivity index (χ1) is 54.8. The van der Waals surface area contributed by atoms with Crippen molar-refractivity contribution in [2.45, 2.75) is 0 Å². The molecule has 19 aromatic rings. The average molecular weight is 1490 g/mol. The maximum atomic E-state index is 8.64. The van der Waals surface area contributed by atoms with Crippen molar-refractivity contribution in [1.82, 2.24) is 9.13 Å². The molecule has 0 bridgehead atoms. The van der Waals surface area contributed by atoms with E-state index in [-0.39, 0.29) is 0 Å². The molecule has 0 saturated carbocycles. The van der Waals surface area contributed by atoms with Crippen LogP contribution in [0.15, 0.2) is 419 Å². The Labute approximate surface area is 660 Å². The molecule has 0 aliphatic carbocycles. The second kappa shape index (κ2) is 29.5. The minimum absolute atomic E-state index is 0.430. The zero-order valence-corrected chi connectivity index (χ0v) is 62.4. The predicted molar refractivity (Wildman–Crippen MR) is 471 cm³/mol. The van der Waals surface area contributed by atoms with Crippen LogP contribution in [0.5, 0.6) is 0 Å². The molecular weight excluding hydrogens is 1420 g/mol. The van der Waals surface area contributed by atoms with E-state index in [1.54, 1.807) is 0 Å². The van der Waals surface area contributed by atoms with Crippen molar-refractivity contribution in [3.05, 3.63) is 434 Å². The van der Waals surface area contributed by atoms with Crippen LogP contribution < -0.4 is 19.6 Å². The number of hydrogen-bond acceptors (Lipinski definition) is 4. The minimum Gasteiger partial charge on any atom is -0.310 e. The van der Waals surface area contributed by atoms with Crippen LogP contribution in [0.4, 0.5) is 68.2 Å². The third-order valence-electron chi connectivity index (χ3n) is 21.0. The molecule has 0 aliphatic rings. The molecule has 0 amide bonds. The molecule has 6 nitrogen and oxygen atoms in total. The number of para-hydroxylation sites is 6. The Morgan fingerprint density at radius 2 is 0.387 bits per heavy atom. The van der Waals surface area contributed by atoms with Gasteiger partial charge in [-0.15, -0.1) is 0 Å². The molecular formula is C102H69Cl3N6. The van der Waals surface area contributed by atoms with Crippen LogP contribution in [-0.2, 0) is 0 Å². The van der Waals surface area contributed by atoms with Gasteiger partial charge in [-0.2, -0.15) is 0 Å². The van der Waals surface area contributed by atoms with E-state index in [4.69, 9.17) is 34.8 Å². The number of hydrogen-bond donors (Lipinski definition) is 0. The van der Waals surface area contributed by atoms with Gasteiger partial charge in [0.15, 0.2) is 0 Å². The highest BCUT2D eigenvalue weighted by atomic mass is 35.5. The number of halogens is 3. The van der Waals surface area contributed by atoms with Gasteiger partial charge in [0, 0.05) is 55.7 Å². The summed E-state index contributed by atoms with van der Waals surface area (Å²) < 4.78 is 4.69. The molecule has 2 aromatic heterocycles. The largest absolute Gasteiger partial charge is 0.310 e. The van der Waals surface area contributed by atoms with E-state index in [9.17, 15) is 0 Å². The average Bonchev–Trinajstić information content (AvgIpc) is 1.62. The number of rotatable bonds is 18. The Morgan fingerprint density at radius 3 is 0.631 bits per heavy atom. The molecule has 0 fully saturated rings. The van der Waals surface area contributed by atoms with Crippen LogP contribution in [0.3, 0.4) is 0 Å². The summed E-state index contributed by atoms with van der Waals surface area (Å²) in [5, 5.41) is 5.75. The Kier molecular flexibility index (Phi) is 18.1. The topological polar surface area (TPSA) is 22.8 Å². The smallest absolute Gasteiger partial charge is 0.0888 e. The summed E-state index contributed by atoms with van der Waals surface area (Å²) in [4.78, 5) is 9.04. The summed E-state index contributed by atoms with van der Waals surface area (Å²) in [6.07, 6.45) is 0. The van der Waals surface area contributed by atoms with E-state index >= 15 is 0 Å². The maximum Gasteiger partial charge on any atom is 0.0888 e. The molecule has 19 rings (SSSR count). The van der Waals surface area contributed by atoms with Gasteiger partial charge in [0.1, 0.15) is 0 Å². The fraction of sp³-hybridized carbons (Fsp3) is 0. The summed E-state index contributed by atoms with van der Waals surface area (Å²) in [7, 11) is 0. The summed E-state index contributed by atoms with van der Waals surface area (Å²) in [5.74, 6) is 0. The highest BCUT2D eigenvalue weighted by molar-refractivity contribution is 6.39. The summed E-state index contributed by atoms with van der Waals surface area (Å²) >= 11 is 25.8. The van der Waals surface area contributed by atoms with Crippen LogP contribution in [0.1, 0.15) is 0 Å². The van der Waals surface area contributed by atoms with Crippen molar-refractivity contribution >= 4 is 147 Å². The predicted octanol–water partition coefficient (Wildman–Crippen LogP) is 30.4. The lowest BCUT2D eigenvalue weighted by Gasteiger charge is -2.34. The molecule has 528 valence electrons. The number of fused-ring (bicyclic) bond motifs is 6. The third kappa shape index (κ3) is 12.7. The zero-order valence-electron chi connectivity index (χ0n) is 60.2. The van der Waals surface area contributed by atoms with Crippen LogP contribution in [-0.4, -0.2) is 9.13 Å². The van der Waals surface area contributed by atoms with E-state index in [1.165, 1.54) is 0 Å². The van der Waals surface area contributed by atoms with Crippen LogP contribution >= 0.6 is 34.8 Å².